The third kappa shape index (κ3) is 2.22. The van der Waals surface area contributed by atoms with Gasteiger partial charge in [0.2, 0.25) is 0 Å². The maximum absolute atomic E-state index is 3.81. The first-order valence-electron chi connectivity index (χ1n) is 2.58. The van der Waals surface area contributed by atoms with Crippen molar-refractivity contribution >= 4 is 11.8 Å². The zero-order valence-electron chi connectivity index (χ0n) is 5.69. The zero-order valence-corrected chi connectivity index (χ0v) is 6.51. The standard InChI is InChI=1S/C7H12S/c1-5-7(8-4)6(2)3/h5H,2H2,1,3-4H3/b7-5+. The van der Waals surface area contributed by atoms with Crippen LogP contribution in [0.5, 0.6) is 0 Å². The van der Waals surface area contributed by atoms with Gasteiger partial charge in [0.05, 0.1) is 0 Å². The van der Waals surface area contributed by atoms with Gasteiger partial charge in [-0.05, 0) is 25.7 Å². The lowest BCUT2D eigenvalue weighted by Gasteiger charge is -1.97. The Morgan fingerprint density at radius 1 is 1.62 bits per heavy atom. The normalized spacial score (nSPS) is 11.6. The summed E-state index contributed by atoms with van der Waals surface area (Å²) < 4.78 is 0. The van der Waals surface area contributed by atoms with Crippen molar-refractivity contribution in [2.45, 2.75) is 13.8 Å². The van der Waals surface area contributed by atoms with Gasteiger partial charge in [-0.25, -0.2) is 0 Å². The number of hydrogen-bond acceptors (Lipinski definition) is 1. The quantitative estimate of drug-likeness (QED) is 0.515. The third-order valence-corrected chi connectivity index (χ3v) is 1.93. The first-order chi connectivity index (χ1) is 3.72. The van der Waals surface area contributed by atoms with Crippen LogP contribution in [0, 0.1) is 0 Å². The van der Waals surface area contributed by atoms with Gasteiger partial charge in [-0.3, -0.25) is 0 Å². The van der Waals surface area contributed by atoms with Crippen LogP contribution in [-0.4, -0.2) is 6.26 Å². The molecule has 0 spiro atoms. The average Bonchev–Trinajstić information content (AvgIpc) is 1.69. The highest BCUT2D eigenvalue weighted by atomic mass is 32.2. The number of allylic oxidation sites excluding steroid dienone is 2. The number of rotatable bonds is 2. The van der Waals surface area contributed by atoms with E-state index in [1.165, 1.54) is 4.91 Å². The maximum Gasteiger partial charge on any atom is 0.00497 e. The van der Waals surface area contributed by atoms with Crippen molar-refractivity contribution in [3.8, 4) is 0 Å². The van der Waals surface area contributed by atoms with Gasteiger partial charge in [-0.1, -0.05) is 12.7 Å². The highest BCUT2D eigenvalue weighted by molar-refractivity contribution is 8.02. The Morgan fingerprint density at radius 3 is 2.12 bits per heavy atom. The summed E-state index contributed by atoms with van der Waals surface area (Å²) >= 11 is 1.74. The van der Waals surface area contributed by atoms with E-state index >= 15 is 0 Å². The van der Waals surface area contributed by atoms with Crippen LogP contribution in [0.1, 0.15) is 13.8 Å². The summed E-state index contributed by atoms with van der Waals surface area (Å²) in [6.07, 6.45) is 4.14. The maximum atomic E-state index is 3.81. The molecule has 0 N–H and O–H groups in total. The first-order valence-corrected chi connectivity index (χ1v) is 3.81. The largest absolute Gasteiger partial charge is 0.130 e. The van der Waals surface area contributed by atoms with Gasteiger partial charge >= 0.3 is 0 Å². The van der Waals surface area contributed by atoms with Gasteiger partial charge in [0, 0.05) is 4.91 Å². The van der Waals surface area contributed by atoms with Crippen LogP contribution in [0.4, 0.5) is 0 Å². The molecule has 0 unspecified atom stereocenters. The number of hydrogen-bond donors (Lipinski definition) is 0. The van der Waals surface area contributed by atoms with E-state index in [0.29, 0.717) is 0 Å². The summed E-state index contributed by atoms with van der Waals surface area (Å²) in [6, 6.07) is 0. The summed E-state index contributed by atoms with van der Waals surface area (Å²) in [5, 5.41) is 0. The zero-order chi connectivity index (χ0) is 6.57. The lowest BCUT2D eigenvalue weighted by Crippen LogP contribution is -1.72. The fourth-order valence-corrected chi connectivity index (χ4v) is 1.12. The Bertz CT molecular complexity index is 112. The van der Waals surface area contributed by atoms with E-state index in [-0.39, 0.29) is 0 Å². The van der Waals surface area contributed by atoms with E-state index in [0.717, 1.165) is 5.57 Å². The highest BCUT2D eigenvalue weighted by Crippen LogP contribution is 2.18. The lowest BCUT2D eigenvalue weighted by atomic mass is 10.3. The van der Waals surface area contributed by atoms with Crippen LogP contribution in [0.3, 0.4) is 0 Å². The van der Waals surface area contributed by atoms with Crippen molar-refractivity contribution in [1.82, 2.24) is 0 Å². The van der Waals surface area contributed by atoms with E-state index in [9.17, 15) is 0 Å². The van der Waals surface area contributed by atoms with E-state index in [1.54, 1.807) is 11.8 Å². The molecular weight excluding hydrogens is 116 g/mol. The minimum absolute atomic E-state index is 1.15. The molecule has 0 heterocycles. The molecule has 1 heteroatoms. The van der Waals surface area contributed by atoms with Crippen LogP contribution in [0.25, 0.3) is 0 Å². The minimum atomic E-state index is 1.15. The van der Waals surface area contributed by atoms with Crippen LogP contribution in [0.15, 0.2) is 23.1 Å². The number of thioether (sulfide) groups is 1. The van der Waals surface area contributed by atoms with Gasteiger partial charge in [-0.2, -0.15) is 0 Å². The molecule has 0 aliphatic heterocycles. The van der Waals surface area contributed by atoms with Crippen LogP contribution < -0.4 is 0 Å². The molecule has 0 radical (unpaired) electrons. The molecule has 0 aromatic rings. The molecule has 0 aromatic heterocycles. The Hall–Kier alpha value is -0.170. The van der Waals surface area contributed by atoms with E-state index in [1.807, 2.05) is 13.8 Å². The monoisotopic (exact) mass is 128 g/mol. The fourth-order valence-electron chi connectivity index (χ4n) is 0.538. The summed E-state index contributed by atoms with van der Waals surface area (Å²) in [5.74, 6) is 0. The van der Waals surface area contributed by atoms with Crippen molar-refractivity contribution in [2.75, 3.05) is 6.26 Å². The summed E-state index contributed by atoms with van der Waals surface area (Å²) in [7, 11) is 0. The Morgan fingerprint density at radius 2 is 2.12 bits per heavy atom. The van der Waals surface area contributed by atoms with Crippen molar-refractivity contribution in [3.05, 3.63) is 23.1 Å². The SMILES string of the molecule is C=C(C)/C(=C\C)SC. The molecule has 0 aliphatic carbocycles. The van der Waals surface area contributed by atoms with Gasteiger partial charge < -0.3 is 0 Å². The van der Waals surface area contributed by atoms with Crippen LogP contribution in [0.2, 0.25) is 0 Å². The molecule has 0 saturated carbocycles. The predicted octanol–water partition coefficient (Wildman–Crippen LogP) is 2.83. The fraction of sp³-hybridized carbons (Fsp3) is 0.429. The van der Waals surface area contributed by atoms with E-state index < -0.39 is 0 Å². The minimum Gasteiger partial charge on any atom is -0.130 e. The van der Waals surface area contributed by atoms with Crippen molar-refractivity contribution in [2.24, 2.45) is 0 Å². The summed E-state index contributed by atoms with van der Waals surface area (Å²) in [6.45, 7) is 7.86. The van der Waals surface area contributed by atoms with Crippen LogP contribution >= 0.6 is 11.8 Å². The average molecular weight is 128 g/mol. The predicted molar refractivity (Wildman–Crippen MR) is 42.1 cm³/mol. The molecule has 0 aromatic carbocycles. The molecule has 0 saturated heterocycles. The van der Waals surface area contributed by atoms with Crippen molar-refractivity contribution < 1.29 is 0 Å². The van der Waals surface area contributed by atoms with Crippen LogP contribution in [-0.2, 0) is 0 Å². The second-order valence-corrected chi connectivity index (χ2v) is 2.49. The van der Waals surface area contributed by atoms with Gasteiger partial charge in [-0.15, -0.1) is 11.8 Å². The molecule has 8 heavy (non-hydrogen) atoms. The molecular formula is C7H12S. The first kappa shape index (κ1) is 7.83. The Balaban J connectivity index is 3.92. The lowest BCUT2D eigenvalue weighted by molar-refractivity contribution is 1.51. The molecule has 0 rings (SSSR count). The topological polar surface area (TPSA) is 0 Å². The Labute approximate surface area is 55.7 Å². The molecule has 0 bridgehead atoms. The summed E-state index contributed by atoms with van der Waals surface area (Å²) in [5.41, 5.74) is 1.15. The van der Waals surface area contributed by atoms with Gasteiger partial charge in [0.25, 0.3) is 0 Å². The van der Waals surface area contributed by atoms with Gasteiger partial charge in [0.15, 0.2) is 0 Å². The molecule has 0 nitrogen and oxygen atoms in total. The summed E-state index contributed by atoms with van der Waals surface area (Å²) in [4.78, 5) is 1.28. The van der Waals surface area contributed by atoms with Crippen molar-refractivity contribution in [3.63, 3.8) is 0 Å². The van der Waals surface area contributed by atoms with E-state index in [2.05, 4.69) is 18.9 Å². The Kier molecular flexibility index (Phi) is 3.71. The smallest absolute Gasteiger partial charge is 0.00497 e. The molecule has 0 aliphatic rings. The second-order valence-electron chi connectivity index (χ2n) is 1.64. The van der Waals surface area contributed by atoms with Crippen molar-refractivity contribution in [1.29, 1.82) is 0 Å². The van der Waals surface area contributed by atoms with E-state index in [4.69, 9.17) is 0 Å². The molecule has 46 valence electrons. The highest BCUT2D eigenvalue weighted by Gasteiger charge is 1.89. The van der Waals surface area contributed by atoms with Gasteiger partial charge in [0.1, 0.15) is 0 Å². The third-order valence-electron chi connectivity index (χ3n) is 0.903. The molecule has 0 fully saturated rings. The second kappa shape index (κ2) is 3.79. The molecule has 0 atom stereocenters. The molecule has 0 amide bonds.